The summed E-state index contributed by atoms with van der Waals surface area (Å²) in [6.45, 7) is 6.81. The number of nitrogens with two attached hydrogens (primary N) is 1. The molecule has 78 valence electrons. The minimum Gasteiger partial charge on any atom is -0.449 e. The van der Waals surface area contributed by atoms with Crippen LogP contribution in [-0.2, 0) is 4.74 Å². The van der Waals surface area contributed by atoms with Gasteiger partial charge in [0.1, 0.15) is 0 Å². The van der Waals surface area contributed by atoms with Crippen molar-refractivity contribution in [3.63, 3.8) is 0 Å². The van der Waals surface area contributed by atoms with Crippen LogP contribution in [-0.4, -0.2) is 36.7 Å². The predicted octanol–water partition coefficient (Wildman–Crippen LogP) is 1.20. The number of hydrogen-bond donors (Lipinski definition) is 1. The topological polar surface area (TPSA) is 55.6 Å². The Morgan fingerprint density at radius 2 is 2.00 bits per heavy atom. The molecule has 4 heteroatoms. The highest BCUT2D eigenvalue weighted by Crippen LogP contribution is 2.11. The predicted molar refractivity (Wildman–Crippen MR) is 52.5 cm³/mol. The van der Waals surface area contributed by atoms with Crippen molar-refractivity contribution in [2.75, 3.05) is 20.2 Å². The number of nitrogens with zero attached hydrogens (tertiary/aromatic N) is 1. The van der Waals surface area contributed by atoms with Crippen LogP contribution >= 0.6 is 0 Å². The molecule has 0 aromatic carbocycles. The van der Waals surface area contributed by atoms with Crippen LogP contribution in [0.25, 0.3) is 0 Å². The molecule has 0 heterocycles. The summed E-state index contributed by atoms with van der Waals surface area (Å²) >= 11 is 0. The van der Waals surface area contributed by atoms with Crippen molar-refractivity contribution in [3.8, 4) is 0 Å². The molecular formula is C9H20N2O2. The second-order valence-corrected chi connectivity index (χ2v) is 3.99. The molecule has 0 aliphatic heterocycles. The van der Waals surface area contributed by atoms with Crippen molar-refractivity contribution in [2.24, 2.45) is 5.73 Å². The monoisotopic (exact) mass is 188 g/mol. The number of ether oxygens (including phenoxy) is 1. The third kappa shape index (κ3) is 4.72. The average molecular weight is 188 g/mol. The van der Waals surface area contributed by atoms with Crippen LogP contribution in [0.3, 0.4) is 0 Å². The van der Waals surface area contributed by atoms with E-state index in [1.807, 2.05) is 20.8 Å². The van der Waals surface area contributed by atoms with Crippen LogP contribution in [0.4, 0.5) is 4.79 Å². The maximum Gasteiger partial charge on any atom is 0.409 e. The molecule has 0 aliphatic rings. The van der Waals surface area contributed by atoms with E-state index in [1.165, 1.54) is 0 Å². The van der Waals surface area contributed by atoms with Crippen molar-refractivity contribution < 1.29 is 9.53 Å². The quantitative estimate of drug-likeness (QED) is 0.677. The van der Waals surface area contributed by atoms with Crippen LogP contribution in [0.2, 0.25) is 0 Å². The maximum atomic E-state index is 11.3. The number of rotatable bonds is 3. The van der Waals surface area contributed by atoms with Crippen LogP contribution in [0.5, 0.6) is 0 Å². The minimum absolute atomic E-state index is 0.195. The number of carbonyl (C=O) groups excluding carboxylic acids is 1. The first-order chi connectivity index (χ1) is 5.89. The normalized spacial score (nSPS) is 11.2. The summed E-state index contributed by atoms with van der Waals surface area (Å²) < 4.78 is 4.98. The van der Waals surface area contributed by atoms with Gasteiger partial charge in [0.25, 0.3) is 0 Å². The van der Waals surface area contributed by atoms with Gasteiger partial charge in [-0.25, -0.2) is 4.79 Å². The first kappa shape index (κ1) is 12.2. The Morgan fingerprint density at radius 3 is 2.38 bits per heavy atom. The molecule has 0 unspecified atom stereocenters. The van der Waals surface area contributed by atoms with Crippen LogP contribution < -0.4 is 5.73 Å². The molecular weight excluding hydrogens is 168 g/mol. The van der Waals surface area contributed by atoms with Gasteiger partial charge in [0.05, 0.1) is 6.61 Å². The molecule has 0 rings (SSSR count). The van der Waals surface area contributed by atoms with Gasteiger partial charge in [-0.1, -0.05) is 0 Å². The van der Waals surface area contributed by atoms with E-state index in [0.717, 1.165) is 0 Å². The summed E-state index contributed by atoms with van der Waals surface area (Å²) in [5.74, 6) is 0. The summed E-state index contributed by atoms with van der Waals surface area (Å²) in [4.78, 5) is 12.9. The lowest BCUT2D eigenvalue weighted by molar-refractivity contribution is 0.0809. The molecule has 0 bridgehead atoms. The van der Waals surface area contributed by atoms with Gasteiger partial charge in [-0.2, -0.15) is 0 Å². The van der Waals surface area contributed by atoms with Crippen LogP contribution in [0.15, 0.2) is 0 Å². The highest BCUT2D eigenvalue weighted by atomic mass is 16.6. The van der Waals surface area contributed by atoms with Gasteiger partial charge >= 0.3 is 6.09 Å². The van der Waals surface area contributed by atoms with Crippen LogP contribution in [0.1, 0.15) is 27.2 Å². The number of carbonyl (C=O) groups is 1. The Morgan fingerprint density at radius 1 is 1.46 bits per heavy atom. The van der Waals surface area contributed by atoms with Crippen molar-refractivity contribution >= 4 is 6.09 Å². The van der Waals surface area contributed by atoms with E-state index in [0.29, 0.717) is 19.6 Å². The second kappa shape index (κ2) is 5.07. The summed E-state index contributed by atoms with van der Waals surface area (Å²) in [6, 6.07) is 0. The maximum absolute atomic E-state index is 11.3. The first-order valence-corrected chi connectivity index (χ1v) is 4.50. The molecule has 0 aromatic rings. The first-order valence-electron chi connectivity index (χ1n) is 4.50. The molecule has 0 fully saturated rings. The molecule has 0 radical (unpaired) electrons. The van der Waals surface area contributed by atoms with E-state index >= 15 is 0 Å². The largest absolute Gasteiger partial charge is 0.449 e. The minimum atomic E-state index is -0.291. The van der Waals surface area contributed by atoms with Gasteiger partial charge < -0.3 is 15.4 Å². The van der Waals surface area contributed by atoms with Gasteiger partial charge in [-0.3, -0.25) is 0 Å². The van der Waals surface area contributed by atoms with Gasteiger partial charge in [-0.15, -0.1) is 0 Å². The number of amides is 1. The van der Waals surface area contributed by atoms with E-state index in [-0.39, 0.29) is 11.6 Å². The Labute approximate surface area is 80.0 Å². The smallest absolute Gasteiger partial charge is 0.409 e. The van der Waals surface area contributed by atoms with Gasteiger partial charge in [0.15, 0.2) is 0 Å². The summed E-state index contributed by atoms with van der Waals surface area (Å²) in [5.41, 5.74) is 5.08. The molecule has 0 saturated carbocycles. The fourth-order valence-corrected chi connectivity index (χ4v) is 0.613. The Kier molecular flexibility index (Phi) is 4.77. The zero-order valence-electron chi connectivity index (χ0n) is 8.96. The van der Waals surface area contributed by atoms with Gasteiger partial charge in [-0.05, 0) is 33.7 Å². The molecule has 1 amide bonds. The zero-order chi connectivity index (χ0) is 10.5. The van der Waals surface area contributed by atoms with Gasteiger partial charge in [0, 0.05) is 12.6 Å². The van der Waals surface area contributed by atoms with E-state index < -0.39 is 0 Å². The van der Waals surface area contributed by atoms with Crippen molar-refractivity contribution in [2.45, 2.75) is 32.7 Å². The van der Waals surface area contributed by atoms with Gasteiger partial charge in [0.2, 0.25) is 0 Å². The molecule has 0 aliphatic carbocycles. The Balaban J connectivity index is 3.84. The molecule has 0 saturated heterocycles. The van der Waals surface area contributed by atoms with Crippen molar-refractivity contribution in [1.29, 1.82) is 0 Å². The Hall–Kier alpha value is -0.770. The van der Waals surface area contributed by atoms with Crippen molar-refractivity contribution in [3.05, 3.63) is 0 Å². The van der Waals surface area contributed by atoms with E-state index in [1.54, 1.807) is 11.9 Å². The summed E-state index contributed by atoms with van der Waals surface area (Å²) in [7, 11) is 1.73. The zero-order valence-corrected chi connectivity index (χ0v) is 8.96. The highest BCUT2D eigenvalue weighted by molar-refractivity contribution is 5.68. The SMILES string of the molecule is CN(C(=O)OCCCN)C(C)(C)C. The van der Waals surface area contributed by atoms with E-state index in [2.05, 4.69) is 0 Å². The van der Waals surface area contributed by atoms with E-state index in [9.17, 15) is 4.79 Å². The fraction of sp³-hybridized carbons (Fsp3) is 0.889. The third-order valence-electron chi connectivity index (χ3n) is 1.85. The standard InChI is InChI=1S/C9H20N2O2/c1-9(2,3)11(4)8(12)13-7-5-6-10/h5-7,10H2,1-4H3. The summed E-state index contributed by atoms with van der Waals surface area (Å²) in [6.07, 6.45) is 0.421. The molecule has 2 N–H and O–H groups in total. The Bertz CT molecular complexity index is 163. The molecule has 0 atom stereocenters. The van der Waals surface area contributed by atoms with Crippen molar-refractivity contribution in [1.82, 2.24) is 4.90 Å². The second-order valence-electron chi connectivity index (χ2n) is 3.99. The summed E-state index contributed by atoms with van der Waals surface area (Å²) in [5, 5.41) is 0. The average Bonchev–Trinajstić information content (AvgIpc) is 2.01. The third-order valence-corrected chi connectivity index (χ3v) is 1.85. The fourth-order valence-electron chi connectivity index (χ4n) is 0.613. The molecule has 0 spiro atoms. The lowest BCUT2D eigenvalue weighted by Gasteiger charge is -2.30. The van der Waals surface area contributed by atoms with Crippen LogP contribution in [0, 0.1) is 0 Å². The lowest BCUT2D eigenvalue weighted by atomic mass is 10.1. The van der Waals surface area contributed by atoms with E-state index in [4.69, 9.17) is 10.5 Å². The molecule has 13 heavy (non-hydrogen) atoms. The number of hydrogen-bond acceptors (Lipinski definition) is 3. The molecule has 0 aromatic heterocycles. The molecule has 4 nitrogen and oxygen atoms in total. The lowest BCUT2D eigenvalue weighted by Crippen LogP contribution is -2.42. The highest BCUT2D eigenvalue weighted by Gasteiger charge is 2.22.